The van der Waals surface area contributed by atoms with E-state index in [0.717, 1.165) is 12.1 Å². The highest BCUT2D eigenvalue weighted by Crippen LogP contribution is 2.41. The number of nitrogens with zero attached hydrogens (tertiary/aromatic N) is 2. The summed E-state index contributed by atoms with van der Waals surface area (Å²) in [6.07, 6.45) is -2.82. The minimum Gasteiger partial charge on any atom is -0.383 e. The molecule has 2 aromatic carbocycles. The molecular weight excluding hydrogens is 452 g/mol. The van der Waals surface area contributed by atoms with Crippen molar-refractivity contribution in [3.05, 3.63) is 93.7 Å². The van der Waals surface area contributed by atoms with E-state index < -0.39 is 17.8 Å². The molecule has 0 bridgehead atoms. The van der Waals surface area contributed by atoms with Crippen LogP contribution in [-0.4, -0.2) is 15.2 Å². The van der Waals surface area contributed by atoms with Crippen LogP contribution in [0.3, 0.4) is 0 Å². The maximum Gasteiger partial charge on any atom is 0.416 e. The smallest absolute Gasteiger partial charge is 0.383 e. The van der Waals surface area contributed by atoms with Crippen molar-refractivity contribution in [1.82, 2.24) is 10.1 Å². The Kier molecular flexibility index (Phi) is 5.75. The van der Waals surface area contributed by atoms with Crippen LogP contribution in [0.1, 0.15) is 22.8 Å². The third-order valence-corrected chi connectivity index (χ3v) is 5.39. The lowest BCUT2D eigenvalue weighted by Gasteiger charge is -2.13. The van der Waals surface area contributed by atoms with E-state index in [1.54, 1.807) is 24.3 Å². The fourth-order valence-corrected chi connectivity index (χ4v) is 3.45. The number of benzene rings is 2. The maximum absolute atomic E-state index is 13.2. The summed E-state index contributed by atoms with van der Waals surface area (Å²) in [5, 5.41) is 15.7. The van der Waals surface area contributed by atoms with Gasteiger partial charge in [-0.05, 0) is 30.3 Å². The van der Waals surface area contributed by atoms with E-state index in [9.17, 15) is 18.3 Å². The Hall–Kier alpha value is -2.87. The van der Waals surface area contributed by atoms with Gasteiger partial charge in [0.25, 0.3) is 0 Å². The molecule has 4 aromatic rings. The number of hydrogen-bond acceptors (Lipinski definition) is 4. The summed E-state index contributed by atoms with van der Waals surface area (Å²) in [4.78, 5) is 3.99. The van der Waals surface area contributed by atoms with Crippen molar-refractivity contribution in [3.8, 4) is 22.6 Å². The molecule has 0 aliphatic rings. The molecule has 4 nitrogen and oxygen atoms in total. The van der Waals surface area contributed by atoms with Crippen molar-refractivity contribution >= 4 is 23.2 Å². The van der Waals surface area contributed by atoms with Gasteiger partial charge < -0.3 is 9.63 Å². The molecule has 0 fully saturated rings. The first-order valence-corrected chi connectivity index (χ1v) is 9.72. The molecule has 0 aliphatic heterocycles. The summed E-state index contributed by atoms with van der Waals surface area (Å²) in [6.45, 7) is 0. The second-order valence-corrected chi connectivity index (χ2v) is 7.48. The molecule has 31 heavy (non-hydrogen) atoms. The van der Waals surface area contributed by atoms with Gasteiger partial charge in [0.05, 0.1) is 21.2 Å². The van der Waals surface area contributed by atoms with Gasteiger partial charge in [-0.1, -0.05) is 52.6 Å². The van der Waals surface area contributed by atoms with Crippen LogP contribution < -0.4 is 0 Å². The zero-order valence-corrected chi connectivity index (χ0v) is 17.1. The van der Waals surface area contributed by atoms with E-state index in [1.807, 2.05) is 0 Å². The highest BCUT2D eigenvalue weighted by atomic mass is 35.5. The van der Waals surface area contributed by atoms with Gasteiger partial charge in [0.1, 0.15) is 11.8 Å². The molecule has 1 N–H and O–H groups in total. The number of alkyl halides is 3. The fraction of sp³-hybridized carbons (Fsp3) is 0.0909. The number of rotatable bonds is 4. The predicted molar refractivity (Wildman–Crippen MR) is 111 cm³/mol. The lowest BCUT2D eigenvalue weighted by Crippen LogP contribution is -2.05. The van der Waals surface area contributed by atoms with E-state index in [-0.39, 0.29) is 27.6 Å². The van der Waals surface area contributed by atoms with Crippen LogP contribution in [0.2, 0.25) is 10.0 Å². The van der Waals surface area contributed by atoms with Crippen LogP contribution in [0.15, 0.2) is 71.5 Å². The zero-order chi connectivity index (χ0) is 22.2. The predicted octanol–water partition coefficient (Wildman–Crippen LogP) is 6.81. The summed E-state index contributed by atoms with van der Waals surface area (Å²) in [5.41, 5.74) is 0.577. The van der Waals surface area contributed by atoms with E-state index in [1.165, 1.54) is 30.6 Å². The molecule has 0 spiro atoms. The van der Waals surface area contributed by atoms with Crippen molar-refractivity contribution in [3.63, 3.8) is 0 Å². The molecule has 0 saturated heterocycles. The summed E-state index contributed by atoms with van der Waals surface area (Å²) in [5.74, 6) is 0.00326. The van der Waals surface area contributed by atoms with Crippen molar-refractivity contribution in [1.29, 1.82) is 0 Å². The molecule has 0 aliphatic carbocycles. The van der Waals surface area contributed by atoms with Gasteiger partial charge in [-0.15, -0.1) is 0 Å². The van der Waals surface area contributed by atoms with Crippen molar-refractivity contribution in [2.24, 2.45) is 0 Å². The lowest BCUT2D eigenvalue weighted by molar-refractivity contribution is -0.137. The molecule has 158 valence electrons. The average Bonchev–Trinajstić information content (AvgIpc) is 3.20. The van der Waals surface area contributed by atoms with Crippen molar-refractivity contribution in [2.45, 2.75) is 12.3 Å². The third-order valence-electron chi connectivity index (χ3n) is 4.65. The average molecular weight is 465 g/mol. The van der Waals surface area contributed by atoms with Crippen LogP contribution in [0.5, 0.6) is 0 Å². The van der Waals surface area contributed by atoms with E-state index >= 15 is 0 Å². The standard InChI is InChI=1S/C22H13Cl2F3N2O2/c23-16-7-6-12(10-17(16)24)19-18(20(30)14-4-2-8-28-11-14)21(31-29-19)13-3-1-5-15(9-13)22(25,26)27/h1-11,20,30H. The van der Waals surface area contributed by atoms with E-state index in [0.29, 0.717) is 16.1 Å². The highest BCUT2D eigenvalue weighted by Gasteiger charge is 2.32. The fourth-order valence-electron chi connectivity index (χ4n) is 3.15. The van der Waals surface area contributed by atoms with Crippen molar-refractivity contribution in [2.75, 3.05) is 0 Å². The molecule has 2 aromatic heterocycles. The Balaban J connectivity index is 1.92. The van der Waals surface area contributed by atoms with Gasteiger partial charge in [-0.3, -0.25) is 4.98 Å². The van der Waals surface area contributed by atoms with Crippen LogP contribution in [0, 0.1) is 0 Å². The van der Waals surface area contributed by atoms with Gasteiger partial charge in [0, 0.05) is 29.1 Å². The first-order chi connectivity index (χ1) is 14.8. The second kappa shape index (κ2) is 8.34. The summed E-state index contributed by atoms with van der Waals surface area (Å²) in [7, 11) is 0. The minimum atomic E-state index is -4.54. The Morgan fingerprint density at radius 3 is 2.42 bits per heavy atom. The molecule has 9 heteroatoms. The Morgan fingerprint density at radius 2 is 1.74 bits per heavy atom. The quantitative estimate of drug-likeness (QED) is 0.360. The van der Waals surface area contributed by atoms with E-state index in [4.69, 9.17) is 27.7 Å². The van der Waals surface area contributed by atoms with Crippen LogP contribution in [0.4, 0.5) is 13.2 Å². The summed E-state index contributed by atoms with van der Waals surface area (Å²) >= 11 is 12.1. The molecule has 1 unspecified atom stereocenters. The first kappa shape index (κ1) is 21.4. The monoisotopic (exact) mass is 464 g/mol. The number of halogens is 5. The highest BCUT2D eigenvalue weighted by molar-refractivity contribution is 6.42. The second-order valence-electron chi connectivity index (χ2n) is 6.67. The van der Waals surface area contributed by atoms with Gasteiger partial charge >= 0.3 is 6.18 Å². The van der Waals surface area contributed by atoms with Gasteiger partial charge in [-0.25, -0.2) is 0 Å². The van der Waals surface area contributed by atoms with Gasteiger partial charge in [-0.2, -0.15) is 13.2 Å². The lowest BCUT2D eigenvalue weighted by atomic mass is 9.94. The largest absolute Gasteiger partial charge is 0.416 e. The molecular formula is C22H13Cl2F3N2O2. The number of pyridine rings is 1. The zero-order valence-electron chi connectivity index (χ0n) is 15.6. The SMILES string of the molecule is OC(c1cccnc1)c1c(-c2ccc(Cl)c(Cl)c2)noc1-c1cccc(C(F)(F)F)c1. The van der Waals surface area contributed by atoms with Gasteiger partial charge in [0.15, 0.2) is 5.76 Å². The minimum absolute atomic E-state index is 0.00326. The van der Waals surface area contributed by atoms with Crippen molar-refractivity contribution < 1.29 is 22.8 Å². The number of aliphatic hydroxyl groups is 1. The van der Waals surface area contributed by atoms with Crippen LogP contribution >= 0.6 is 23.2 Å². The Labute approximate surface area is 184 Å². The third kappa shape index (κ3) is 4.30. The number of hydrogen-bond donors (Lipinski definition) is 1. The normalized spacial score (nSPS) is 12.7. The maximum atomic E-state index is 13.2. The molecule has 1 atom stereocenters. The molecule has 4 rings (SSSR count). The molecule has 2 heterocycles. The topological polar surface area (TPSA) is 59.2 Å². The van der Waals surface area contributed by atoms with Gasteiger partial charge in [0.2, 0.25) is 0 Å². The Bertz CT molecular complexity index is 1230. The molecule has 0 saturated carbocycles. The Morgan fingerprint density at radius 1 is 0.935 bits per heavy atom. The number of aliphatic hydroxyl groups excluding tert-OH is 1. The van der Waals surface area contributed by atoms with Crippen LogP contribution in [0.25, 0.3) is 22.6 Å². The number of aromatic nitrogens is 2. The summed E-state index contributed by atoms with van der Waals surface area (Å²) < 4.78 is 45.1. The summed E-state index contributed by atoms with van der Waals surface area (Å²) in [6, 6.07) is 12.6. The van der Waals surface area contributed by atoms with Crippen LogP contribution in [-0.2, 0) is 6.18 Å². The van der Waals surface area contributed by atoms with E-state index in [2.05, 4.69) is 10.1 Å². The molecule has 0 radical (unpaired) electrons. The molecule has 0 amide bonds. The first-order valence-electron chi connectivity index (χ1n) is 8.96.